The predicted octanol–water partition coefficient (Wildman–Crippen LogP) is 4.11. The van der Waals surface area contributed by atoms with E-state index in [0.717, 1.165) is 19.5 Å². The van der Waals surface area contributed by atoms with Gasteiger partial charge < -0.3 is 15.0 Å². The van der Waals surface area contributed by atoms with E-state index in [1.807, 2.05) is 31.7 Å². The molecule has 0 radical (unpaired) electrons. The molecule has 1 saturated heterocycles. The average molecular weight is 352 g/mol. The minimum atomic E-state index is -0.472. The Kier molecular flexibility index (Phi) is 5.62. The molecule has 138 valence electrons. The second-order valence-corrected chi connectivity index (χ2v) is 7.80. The SMILES string of the molecule is CC(C)(C)OC(=O)N1CCNCC1Cc1cccc(-c2ccccc2)c1. The van der Waals surface area contributed by atoms with Crippen LogP contribution in [0.25, 0.3) is 11.1 Å². The van der Waals surface area contributed by atoms with E-state index in [-0.39, 0.29) is 12.1 Å². The van der Waals surface area contributed by atoms with Crippen molar-refractivity contribution >= 4 is 6.09 Å². The fraction of sp³-hybridized carbons (Fsp3) is 0.409. The van der Waals surface area contributed by atoms with Crippen molar-refractivity contribution in [3.8, 4) is 11.1 Å². The molecule has 1 heterocycles. The van der Waals surface area contributed by atoms with Crippen LogP contribution < -0.4 is 5.32 Å². The Morgan fingerprint density at radius 3 is 2.58 bits per heavy atom. The van der Waals surface area contributed by atoms with Gasteiger partial charge in [0.25, 0.3) is 0 Å². The highest BCUT2D eigenvalue weighted by Crippen LogP contribution is 2.22. The fourth-order valence-corrected chi connectivity index (χ4v) is 3.28. The molecule has 4 nitrogen and oxygen atoms in total. The lowest BCUT2D eigenvalue weighted by atomic mass is 9.98. The first-order valence-electron chi connectivity index (χ1n) is 9.27. The molecule has 1 N–H and O–H groups in total. The number of piperazine rings is 1. The summed E-state index contributed by atoms with van der Waals surface area (Å²) in [5.41, 5.74) is 3.17. The zero-order valence-electron chi connectivity index (χ0n) is 15.9. The fourth-order valence-electron chi connectivity index (χ4n) is 3.28. The Morgan fingerprint density at radius 2 is 1.85 bits per heavy atom. The molecule has 1 aliphatic heterocycles. The molecule has 1 unspecified atom stereocenters. The van der Waals surface area contributed by atoms with Crippen molar-refractivity contribution in [1.29, 1.82) is 0 Å². The van der Waals surface area contributed by atoms with Crippen LogP contribution in [0.2, 0.25) is 0 Å². The molecule has 1 fully saturated rings. The van der Waals surface area contributed by atoms with Gasteiger partial charge in [-0.3, -0.25) is 0 Å². The van der Waals surface area contributed by atoms with Crippen LogP contribution in [0.15, 0.2) is 54.6 Å². The number of carbonyl (C=O) groups excluding carboxylic acids is 1. The number of ether oxygens (including phenoxy) is 1. The number of nitrogens with zero attached hydrogens (tertiary/aromatic N) is 1. The number of amides is 1. The molecule has 26 heavy (non-hydrogen) atoms. The molecule has 2 aromatic rings. The van der Waals surface area contributed by atoms with Gasteiger partial charge in [-0.2, -0.15) is 0 Å². The van der Waals surface area contributed by atoms with Crippen molar-refractivity contribution in [2.24, 2.45) is 0 Å². The Balaban J connectivity index is 1.75. The molecule has 1 atom stereocenters. The van der Waals surface area contributed by atoms with E-state index in [2.05, 4.69) is 53.8 Å². The van der Waals surface area contributed by atoms with Crippen molar-refractivity contribution in [1.82, 2.24) is 10.2 Å². The van der Waals surface area contributed by atoms with Crippen LogP contribution in [0.1, 0.15) is 26.3 Å². The third-order valence-electron chi connectivity index (χ3n) is 4.48. The van der Waals surface area contributed by atoms with Crippen LogP contribution in [0.4, 0.5) is 4.79 Å². The topological polar surface area (TPSA) is 41.6 Å². The van der Waals surface area contributed by atoms with E-state index in [1.165, 1.54) is 16.7 Å². The quantitative estimate of drug-likeness (QED) is 0.904. The van der Waals surface area contributed by atoms with Gasteiger partial charge in [0.1, 0.15) is 5.60 Å². The van der Waals surface area contributed by atoms with Gasteiger partial charge in [0.2, 0.25) is 0 Å². The van der Waals surface area contributed by atoms with Gasteiger partial charge in [-0.15, -0.1) is 0 Å². The minimum Gasteiger partial charge on any atom is -0.444 e. The Hall–Kier alpha value is -2.33. The minimum absolute atomic E-state index is 0.102. The van der Waals surface area contributed by atoms with Gasteiger partial charge in [0.15, 0.2) is 0 Å². The first kappa shape index (κ1) is 18.5. The smallest absolute Gasteiger partial charge is 0.410 e. The standard InChI is InChI=1S/C22H28N2O2/c1-22(2,3)26-21(25)24-13-12-23-16-20(24)15-17-8-7-11-19(14-17)18-9-5-4-6-10-18/h4-11,14,20,23H,12-13,15-16H2,1-3H3. The molecule has 2 aromatic carbocycles. The number of hydrogen-bond donors (Lipinski definition) is 1. The summed E-state index contributed by atoms with van der Waals surface area (Å²) in [5.74, 6) is 0. The average Bonchev–Trinajstić information content (AvgIpc) is 2.62. The first-order valence-corrected chi connectivity index (χ1v) is 9.27. The lowest BCUT2D eigenvalue weighted by Gasteiger charge is -2.37. The molecule has 0 bridgehead atoms. The van der Waals surface area contributed by atoms with Crippen molar-refractivity contribution in [3.05, 3.63) is 60.2 Å². The second-order valence-electron chi connectivity index (χ2n) is 7.80. The van der Waals surface area contributed by atoms with E-state index in [9.17, 15) is 4.79 Å². The Bertz CT molecular complexity index is 737. The zero-order valence-corrected chi connectivity index (χ0v) is 15.9. The molecule has 0 aliphatic carbocycles. The predicted molar refractivity (Wildman–Crippen MR) is 105 cm³/mol. The van der Waals surface area contributed by atoms with E-state index < -0.39 is 5.60 Å². The molecular formula is C22H28N2O2. The highest BCUT2D eigenvalue weighted by atomic mass is 16.6. The molecule has 3 rings (SSSR count). The van der Waals surface area contributed by atoms with Crippen LogP contribution in [0.3, 0.4) is 0 Å². The largest absolute Gasteiger partial charge is 0.444 e. The number of carbonyl (C=O) groups is 1. The normalized spacial score (nSPS) is 17.8. The monoisotopic (exact) mass is 352 g/mol. The molecule has 0 saturated carbocycles. The molecular weight excluding hydrogens is 324 g/mol. The number of hydrogen-bond acceptors (Lipinski definition) is 3. The highest BCUT2D eigenvalue weighted by molar-refractivity contribution is 5.69. The summed E-state index contributed by atoms with van der Waals surface area (Å²) in [6.45, 7) is 7.99. The van der Waals surface area contributed by atoms with Gasteiger partial charge in [0.05, 0.1) is 6.04 Å². The first-order chi connectivity index (χ1) is 12.4. The van der Waals surface area contributed by atoms with Gasteiger partial charge in [-0.05, 0) is 43.9 Å². The Morgan fingerprint density at radius 1 is 1.12 bits per heavy atom. The van der Waals surface area contributed by atoms with E-state index >= 15 is 0 Å². The van der Waals surface area contributed by atoms with Gasteiger partial charge >= 0.3 is 6.09 Å². The summed E-state index contributed by atoms with van der Waals surface area (Å²) in [7, 11) is 0. The summed E-state index contributed by atoms with van der Waals surface area (Å²) in [4.78, 5) is 14.5. The lowest BCUT2D eigenvalue weighted by Crippen LogP contribution is -2.55. The molecule has 4 heteroatoms. The van der Waals surface area contributed by atoms with Gasteiger partial charge in [0, 0.05) is 19.6 Å². The maximum atomic E-state index is 12.6. The number of benzene rings is 2. The van der Waals surface area contributed by atoms with Crippen LogP contribution in [0, 0.1) is 0 Å². The third kappa shape index (κ3) is 4.85. The summed E-state index contributed by atoms with van der Waals surface area (Å²) in [5, 5.41) is 3.40. The zero-order chi connectivity index (χ0) is 18.6. The van der Waals surface area contributed by atoms with Gasteiger partial charge in [-0.1, -0.05) is 54.6 Å². The van der Waals surface area contributed by atoms with E-state index in [0.29, 0.717) is 6.54 Å². The molecule has 0 spiro atoms. The summed E-state index contributed by atoms with van der Waals surface area (Å²) < 4.78 is 5.60. The van der Waals surface area contributed by atoms with Gasteiger partial charge in [-0.25, -0.2) is 4.79 Å². The third-order valence-corrected chi connectivity index (χ3v) is 4.48. The number of nitrogens with one attached hydrogen (secondary N) is 1. The Labute approximate surface area is 156 Å². The maximum Gasteiger partial charge on any atom is 0.410 e. The van der Waals surface area contributed by atoms with Crippen molar-refractivity contribution < 1.29 is 9.53 Å². The van der Waals surface area contributed by atoms with Crippen molar-refractivity contribution in [2.45, 2.75) is 38.8 Å². The summed E-state index contributed by atoms with van der Waals surface area (Å²) >= 11 is 0. The van der Waals surface area contributed by atoms with E-state index in [4.69, 9.17) is 4.74 Å². The summed E-state index contributed by atoms with van der Waals surface area (Å²) in [6.07, 6.45) is 0.593. The van der Waals surface area contributed by atoms with Crippen LogP contribution >= 0.6 is 0 Å². The second kappa shape index (κ2) is 7.92. The highest BCUT2D eigenvalue weighted by Gasteiger charge is 2.30. The number of rotatable bonds is 3. The molecule has 1 amide bonds. The van der Waals surface area contributed by atoms with Crippen molar-refractivity contribution in [2.75, 3.05) is 19.6 Å². The van der Waals surface area contributed by atoms with Crippen LogP contribution in [-0.2, 0) is 11.2 Å². The van der Waals surface area contributed by atoms with Crippen molar-refractivity contribution in [3.63, 3.8) is 0 Å². The summed E-state index contributed by atoms with van der Waals surface area (Å²) in [6, 6.07) is 19.0. The van der Waals surface area contributed by atoms with E-state index in [1.54, 1.807) is 0 Å². The molecule has 1 aliphatic rings. The maximum absolute atomic E-state index is 12.6. The van der Waals surface area contributed by atoms with Crippen LogP contribution in [-0.4, -0.2) is 42.3 Å². The molecule has 0 aromatic heterocycles. The lowest BCUT2D eigenvalue weighted by molar-refractivity contribution is 0.0122. The van der Waals surface area contributed by atoms with Crippen LogP contribution in [0.5, 0.6) is 0 Å².